The Morgan fingerprint density at radius 3 is 2.25 bits per heavy atom. The van der Waals surface area contributed by atoms with Crippen molar-refractivity contribution in [2.45, 2.75) is 31.4 Å². The first-order chi connectivity index (χ1) is 9.45. The van der Waals surface area contributed by atoms with Crippen molar-refractivity contribution in [1.82, 2.24) is 0 Å². The number of hydrogen-bond acceptors (Lipinski definition) is 2. The van der Waals surface area contributed by atoms with Crippen molar-refractivity contribution in [2.24, 2.45) is 5.73 Å². The van der Waals surface area contributed by atoms with E-state index < -0.39 is 0 Å². The van der Waals surface area contributed by atoms with Crippen LogP contribution in [0.3, 0.4) is 0 Å². The van der Waals surface area contributed by atoms with Gasteiger partial charge in [0.25, 0.3) is 0 Å². The van der Waals surface area contributed by atoms with Crippen LogP contribution in [-0.2, 0) is 5.75 Å². The standard InChI is InChI=1S/C17H20N2S/c1-11-6-12(2)8-14(7-11)10-20-15-4-5-16(17(18)19)13(3)9-15/h4-9H,10H2,1-3H3,(H3,18,19). The van der Waals surface area contributed by atoms with Gasteiger partial charge in [0.05, 0.1) is 0 Å². The molecule has 0 saturated heterocycles. The van der Waals surface area contributed by atoms with Crippen molar-refractivity contribution in [3.8, 4) is 0 Å². The Labute approximate surface area is 124 Å². The topological polar surface area (TPSA) is 49.9 Å². The first kappa shape index (κ1) is 14.7. The zero-order valence-electron chi connectivity index (χ0n) is 12.2. The number of hydrogen-bond donors (Lipinski definition) is 2. The van der Waals surface area contributed by atoms with E-state index in [0.717, 1.165) is 16.9 Å². The van der Waals surface area contributed by atoms with Crippen molar-refractivity contribution >= 4 is 17.6 Å². The largest absolute Gasteiger partial charge is 0.384 e. The van der Waals surface area contributed by atoms with Gasteiger partial charge in [0.1, 0.15) is 5.84 Å². The average molecular weight is 284 g/mol. The van der Waals surface area contributed by atoms with Crippen LogP contribution in [0.15, 0.2) is 41.3 Å². The van der Waals surface area contributed by atoms with Crippen LogP contribution in [0.5, 0.6) is 0 Å². The van der Waals surface area contributed by atoms with Crippen LogP contribution in [-0.4, -0.2) is 5.84 Å². The number of nitrogens with two attached hydrogens (primary N) is 1. The van der Waals surface area contributed by atoms with E-state index in [0.29, 0.717) is 0 Å². The molecule has 2 nitrogen and oxygen atoms in total. The molecular weight excluding hydrogens is 264 g/mol. The molecule has 2 aromatic carbocycles. The number of benzene rings is 2. The molecule has 2 rings (SSSR count). The smallest absolute Gasteiger partial charge is 0.123 e. The van der Waals surface area contributed by atoms with Gasteiger partial charge in [-0.2, -0.15) is 0 Å². The van der Waals surface area contributed by atoms with Crippen LogP contribution >= 0.6 is 11.8 Å². The highest BCUT2D eigenvalue weighted by molar-refractivity contribution is 7.98. The van der Waals surface area contributed by atoms with E-state index in [9.17, 15) is 0 Å². The monoisotopic (exact) mass is 284 g/mol. The molecule has 3 N–H and O–H groups in total. The zero-order valence-corrected chi connectivity index (χ0v) is 13.0. The lowest BCUT2D eigenvalue weighted by Crippen LogP contribution is -2.12. The molecule has 0 aliphatic carbocycles. The maximum Gasteiger partial charge on any atom is 0.123 e. The molecule has 0 aromatic heterocycles. The van der Waals surface area contributed by atoms with E-state index in [-0.39, 0.29) is 5.84 Å². The summed E-state index contributed by atoms with van der Waals surface area (Å²) in [6.45, 7) is 6.26. The quantitative estimate of drug-likeness (QED) is 0.502. The summed E-state index contributed by atoms with van der Waals surface area (Å²) in [5.74, 6) is 1.09. The number of amidine groups is 1. The molecule has 0 unspecified atom stereocenters. The second-order valence-corrected chi connectivity index (χ2v) is 6.22. The molecule has 0 amide bonds. The molecule has 0 spiro atoms. The fourth-order valence-electron chi connectivity index (χ4n) is 2.35. The van der Waals surface area contributed by atoms with Crippen LogP contribution in [0.4, 0.5) is 0 Å². The Balaban J connectivity index is 2.11. The molecule has 104 valence electrons. The molecule has 0 aliphatic heterocycles. The third-order valence-electron chi connectivity index (χ3n) is 3.18. The molecule has 20 heavy (non-hydrogen) atoms. The first-order valence-corrected chi connectivity index (χ1v) is 7.59. The maximum atomic E-state index is 7.50. The predicted octanol–water partition coefficient (Wildman–Crippen LogP) is 4.19. The van der Waals surface area contributed by atoms with Crippen molar-refractivity contribution in [2.75, 3.05) is 0 Å². The lowest BCUT2D eigenvalue weighted by molar-refractivity contribution is 1.28. The van der Waals surface area contributed by atoms with Crippen LogP contribution in [0.2, 0.25) is 0 Å². The lowest BCUT2D eigenvalue weighted by atomic mass is 10.1. The second-order valence-electron chi connectivity index (χ2n) is 5.18. The molecule has 0 aliphatic rings. The third kappa shape index (κ3) is 3.64. The summed E-state index contributed by atoms with van der Waals surface area (Å²) >= 11 is 1.81. The van der Waals surface area contributed by atoms with Gasteiger partial charge in [0, 0.05) is 16.2 Å². The fraction of sp³-hybridized carbons (Fsp3) is 0.235. The van der Waals surface area contributed by atoms with Crippen molar-refractivity contribution in [1.29, 1.82) is 5.41 Å². The van der Waals surface area contributed by atoms with Gasteiger partial charge in [-0.15, -0.1) is 11.8 Å². The summed E-state index contributed by atoms with van der Waals surface area (Å²) in [6, 6.07) is 12.7. The van der Waals surface area contributed by atoms with Gasteiger partial charge in [0.15, 0.2) is 0 Å². The fourth-order valence-corrected chi connectivity index (χ4v) is 3.27. The van der Waals surface area contributed by atoms with Gasteiger partial charge in [-0.1, -0.05) is 29.3 Å². The highest BCUT2D eigenvalue weighted by Crippen LogP contribution is 2.25. The van der Waals surface area contributed by atoms with Crippen LogP contribution in [0, 0.1) is 26.2 Å². The molecule has 0 heterocycles. The van der Waals surface area contributed by atoms with Crippen LogP contribution < -0.4 is 5.73 Å². The van der Waals surface area contributed by atoms with Gasteiger partial charge in [0.2, 0.25) is 0 Å². The number of nitrogen functional groups attached to an aromatic ring is 1. The van der Waals surface area contributed by atoms with Gasteiger partial charge >= 0.3 is 0 Å². The van der Waals surface area contributed by atoms with Crippen LogP contribution in [0.1, 0.15) is 27.8 Å². The summed E-state index contributed by atoms with van der Waals surface area (Å²) in [6.07, 6.45) is 0. The first-order valence-electron chi connectivity index (χ1n) is 6.61. The van der Waals surface area contributed by atoms with Crippen molar-refractivity contribution in [3.05, 3.63) is 64.2 Å². The Morgan fingerprint density at radius 1 is 1.05 bits per heavy atom. The number of nitrogens with one attached hydrogen (secondary N) is 1. The molecule has 0 bridgehead atoms. The maximum absolute atomic E-state index is 7.50. The van der Waals surface area contributed by atoms with E-state index in [4.69, 9.17) is 11.1 Å². The SMILES string of the molecule is Cc1cc(C)cc(CSc2ccc(C(=N)N)c(C)c2)c1. The van der Waals surface area contributed by atoms with Crippen LogP contribution in [0.25, 0.3) is 0 Å². The Hall–Kier alpha value is -1.74. The van der Waals surface area contributed by atoms with Gasteiger partial charge in [-0.05, 0) is 50.1 Å². The van der Waals surface area contributed by atoms with Crippen molar-refractivity contribution in [3.63, 3.8) is 0 Å². The summed E-state index contributed by atoms with van der Waals surface area (Å²) in [5, 5.41) is 7.50. The third-order valence-corrected chi connectivity index (χ3v) is 4.24. The highest BCUT2D eigenvalue weighted by Gasteiger charge is 2.04. The lowest BCUT2D eigenvalue weighted by Gasteiger charge is -2.08. The Morgan fingerprint density at radius 2 is 1.70 bits per heavy atom. The molecule has 3 heteroatoms. The second kappa shape index (κ2) is 6.14. The van der Waals surface area contributed by atoms with Gasteiger partial charge in [-0.25, -0.2) is 0 Å². The van der Waals surface area contributed by atoms with E-state index in [1.54, 1.807) is 0 Å². The minimum atomic E-state index is 0.133. The Kier molecular flexibility index (Phi) is 4.50. The number of rotatable bonds is 4. The molecule has 0 radical (unpaired) electrons. The normalized spacial score (nSPS) is 10.6. The summed E-state index contributed by atoms with van der Waals surface area (Å²) < 4.78 is 0. The van der Waals surface area contributed by atoms with E-state index in [1.165, 1.54) is 21.6 Å². The number of thioether (sulfide) groups is 1. The number of aryl methyl sites for hydroxylation is 3. The highest BCUT2D eigenvalue weighted by atomic mass is 32.2. The molecule has 0 fully saturated rings. The minimum Gasteiger partial charge on any atom is -0.384 e. The van der Waals surface area contributed by atoms with Gasteiger partial charge < -0.3 is 5.73 Å². The molecular formula is C17H20N2S. The van der Waals surface area contributed by atoms with Gasteiger partial charge in [-0.3, -0.25) is 5.41 Å². The average Bonchev–Trinajstić information content (AvgIpc) is 2.35. The van der Waals surface area contributed by atoms with E-state index >= 15 is 0 Å². The summed E-state index contributed by atoms with van der Waals surface area (Å²) in [5.41, 5.74) is 11.4. The molecule has 0 atom stereocenters. The van der Waals surface area contributed by atoms with E-state index in [2.05, 4.69) is 38.1 Å². The van der Waals surface area contributed by atoms with Crippen molar-refractivity contribution < 1.29 is 0 Å². The predicted molar refractivity (Wildman–Crippen MR) is 87.7 cm³/mol. The molecule has 2 aromatic rings. The zero-order chi connectivity index (χ0) is 14.7. The summed E-state index contributed by atoms with van der Waals surface area (Å²) in [7, 11) is 0. The van der Waals surface area contributed by atoms with E-state index in [1.807, 2.05) is 30.8 Å². The minimum absolute atomic E-state index is 0.133. The Bertz CT molecular complexity index is 627. The molecule has 0 saturated carbocycles. The summed E-state index contributed by atoms with van der Waals surface area (Å²) in [4.78, 5) is 1.21.